The Morgan fingerprint density at radius 3 is 2.61 bits per heavy atom. The lowest BCUT2D eigenvalue weighted by Gasteiger charge is -2.27. The number of sulfonamides is 1. The summed E-state index contributed by atoms with van der Waals surface area (Å²) in [7, 11) is -1.97. The van der Waals surface area contributed by atoms with Gasteiger partial charge in [-0.3, -0.25) is 0 Å². The van der Waals surface area contributed by atoms with Crippen molar-refractivity contribution < 1.29 is 22.6 Å². The van der Waals surface area contributed by atoms with Crippen molar-refractivity contribution in [1.82, 2.24) is 4.31 Å². The number of nitrogens with zero attached hydrogens (tertiary/aromatic N) is 1. The number of ether oxygens (including phenoxy) is 3. The smallest absolute Gasteiger partial charge is 0.243 e. The van der Waals surface area contributed by atoms with Crippen molar-refractivity contribution in [2.45, 2.75) is 36.7 Å². The van der Waals surface area contributed by atoms with Gasteiger partial charge in [-0.05, 0) is 31.4 Å². The fraction of sp³-hybridized carbons (Fsp3) is 0.625. The van der Waals surface area contributed by atoms with Crippen LogP contribution in [0.25, 0.3) is 0 Å². The van der Waals surface area contributed by atoms with Crippen molar-refractivity contribution in [3.05, 3.63) is 18.2 Å². The Morgan fingerprint density at radius 1 is 1.09 bits per heavy atom. The first-order valence-corrected chi connectivity index (χ1v) is 9.49. The zero-order chi connectivity index (χ0) is 16.3. The minimum atomic E-state index is -3.57. The molecule has 23 heavy (non-hydrogen) atoms. The van der Waals surface area contributed by atoms with Gasteiger partial charge >= 0.3 is 0 Å². The standard InChI is InChI=1S/C16H23NO5S/c1-17(12-13-5-2-3-8-20-13)23(18,19)14-6-7-15-16(11-14)22-10-4-9-21-15/h6-7,11,13H,2-5,8-10,12H2,1H3/t13-/m1/s1. The molecule has 0 aromatic heterocycles. The Labute approximate surface area is 137 Å². The quantitative estimate of drug-likeness (QED) is 0.838. The second kappa shape index (κ2) is 7.07. The third-order valence-corrected chi connectivity index (χ3v) is 5.98. The predicted octanol–water partition coefficient (Wildman–Crippen LogP) is 2.04. The molecule has 0 saturated carbocycles. The number of hydrogen-bond donors (Lipinski definition) is 0. The monoisotopic (exact) mass is 341 g/mol. The molecular formula is C16H23NO5S. The van der Waals surface area contributed by atoms with Crippen molar-refractivity contribution in [1.29, 1.82) is 0 Å². The molecule has 0 radical (unpaired) electrons. The van der Waals surface area contributed by atoms with Gasteiger partial charge in [-0.2, -0.15) is 4.31 Å². The van der Waals surface area contributed by atoms with E-state index in [-0.39, 0.29) is 11.0 Å². The van der Waals surface area contributed by atoms with Crippen LogP contribution in [-0.4, -0.2) is 52.2 Å². The van der Waals surface area contributed by atoms with E-state index in [1.165, 1.54) is 4.31 Å². The van der Waals surface area contributed by atoms with Gasteiger partial charge in [-0.25, -0.2) is 8.42 Å². The normalized spacial score (nSPS) is 21.9. The third-order valence-electron chi connectivity index (χ3n) is 4.16. The zero-order valence-electron chi connectivity index (χ0n) is 13.4. The van der Waals surface area contributed by atoms with Crippen molar-refractivity contribution >= 4 is 10.0 Å². The molecule has 1 saturated heterocycles. The van der Waals surface area contributed by atoms with Crippen LogP contribution in [0.3, 0.4) is 0 Å². The van der Waals surface area contributed by atoms with Crippen LogP contribution in [0.15, 0.2) is 23.1 Å². The van der Waals surface area contributed by atoms with Crippen LogP contribution in [0.5, 0.6) is 11.5 Å². The minimum Gasteiger partial charge on any atom is -0.490 e. The maximum absolute atomic E-state index is 12.8. The first kappa shape index (κ1) is 16.5. The Morgan fingerprint density at radius 2 is 1.87 bits per heavy atom. The highest BCUT2D eigenvalue weighted by atomic mass is 32.2. The fourth-order valence-electron chi connectivity index (χ4n) is 2.82. The van der Waals surface area contributed by atoms with Gasteiger partial charge in [0.25, 0.3) is 0 Å². The molecular weight excluding hydrogens is 318 g/mol. The molecule has 0 unspecified atom stereocenters. The molecule has 0 N–H and O–H groups in total. The molecule has 1 aromatic carbocycles. The second-order valence-corrected chi connectivity index (χ2v) is 7.98. The molecule has 2 aliphatic heterocycles. The molecule has 6 nitrogen and oxygen atoms in total. The summed E-state index contributed by atoms with van der Waals surface area (Å²) >= 11 is 0. The molecule has 0 amide bonds. The van der Waals surface area contributed by atoms with Crippen molar-refractivity contribution in [2.24, 2.45) is 0 Å². The van der Waals surface area contributed by atoms with Gasteiger partial charge in [0, 0.05) is 32.7 Å². The number of likely N-dealkylation sites (N-methyl/N-ethyl adjacent to an activating group) is 1. The number of benzene rings is 1. The molecule has 1 aromatic rings. The summed E-state index contributed by atoms with van der Waals surface area (Å²) in [5.41, 5.74) is 0. The van der Waals surface area contributed by atoms with Gasteiger partial charge in [-0.1, -0.05) is 0 Å². The van der Waals surface area contributed by atoms with E-state index >= 15 is 0 Å². The van der Waals surface area contributed by atoms with Crippen LogP contribution in [0.2, 0.25) is 0 Å². The first-order valence-electron chi connectivity index (χ1n) is 8.05. The summed E-state index contributed by atoms with van der Waals surface area (Å²) in [4.78, 5) is 0.222. The zero-order valence-corrected chi connectivity index (χ0v) is 14.2. The Bertz CT molecular complexity index is 640. The molecule has 7 heteroatoms. The lowest BCUT2D eigenvalue weighted by atomic mass is 10.1. The molecule has 3 rings (SSSR count). The van der Waals surface area contributed by atoms with Crippen LogP contribution in [-0.2, 0) is 14.8 Å². The highest BCUT2D eigenvalue weighted by Crippen LogP contribution is 2.32. The SMILES string of the molecule is CN(C[C@H]1CCCCO1)S(=O)(=O)c1ccc2c(c1)OCCCO2. The summed E-state index contributed by atoms with van der Waals surface area (Å²) in [6.07, 6.45) is 3.80. The van der Waals surface area contributed by atoms with Crippen molar-refractivity contribution in [3.8, 4) is 11.5 Å². The topological polar surface area (TPSA) is 65.1 Å². The summed E-state index contributed by atoms with van der Waals surface area (Å²) in [6.45, 7) is 2.19. The highest BCUT2D eigenvalue weighted by molar-refractivity contribution is 7.89. The summed E-state index contributed by atoms with van der Waals surface area (Å²) in [5, 5.41) is 0. The molecule has 1 fully saturated rings. The highest BCUT2D eigenvalue weighted by Gasteiger charge is 2.26. The average molecular weight is 341 g/mol. The van der Waals surface area contributed by atoms with Gasteiger partial charge in [0.05, 0.1) is 24.2 Å². The maximum Gasteiger partial charge on any atom is 0.243 e. The van der Waals surface area contributed by atoms with E-state index in [4.69, 9.17) is 14.2 Å². The largest absolute Gasteiger partial charge is 0.490 e. The van der Waals surface area contributed by atoms with E-state index < -0.39 is 10.0 Å². The number of rotatable bonds is 4. The first-order chi connectivity index (χ1) is 11.1. The molecule has 2 heterocycles. The van der Waals surface area contributed by atoms with Crippen molar-refractivity contribution in [3.63, 3.8) is 0 Å². The Hall–Kier alpha value is -1.31. The molecule has 0 bridgehead atoms. The van der Waals surface area contributed by atoms with E-state index in [2.05, 4.69) is 0 Å². The predicted molar refractivity (Wildman–Crippen MR) is 85.5 cm³/mol. The summed E-state index contributed by atoms with van der Waals surface area (Å²) < 4.78 is 43.6. The van der Waals surface area contributed by atoms with Crippen LogP contribution in [0.1, 0.15) is 25.7 Å². The van der Waals surface area contributed by atoms with E-state index in [0.717, 1.165) is 25.7 Å². The minimum absolute atomic E-state index is 0.0241. The van der Waals surface area contributed by atoms with E-state index in [1.54, 1.807) is 25.2 Å². The van der Waals surface area contributed by atoms with Gasteiger partial charge in [-0.15, -0.1) is 0 Å². The van der Waals surface area contributed by atoms with E-state index in [9.17, 15) is 8.42 Å². The van der Waals surface area contributed by atoms with Crippen LogP contribution in [0, 0.1) is 0 Å². The third kappa shape index (κ3) is 3.79. The summed E-state index contributed by atoms with van der Waals surface area (Å²) in [5.74, 6) is 1.09. The van der Waals surface area contributed by atoms with Crippen LogP contribution in [0.4, 0.5) is 0 Å². The maximum atomic E-state index is 12.8. The Balaban J connectivity index is 1.77. The summed E-state index contributed by atoms with van der Waals surface area (Å²) in [6, 6.07) is 4.79. The van der Waals surface area contributed by atoms with E-state index in [1.807, 2.05) is 0 Å². The van der Waals surface area contributed by atoms with Crippen molar-refractivity contribution in [2.75, 3.05) is 33.4 Å². The van der Waals surface area contributed by atoms with E-state index in [0.29, 0.717) is 37.9 Å². The van der Waals surface area contributed by atoms with Gasteiger partial charge in [0.15, 0.2) is 11.5 Å². The van der Waals surface area contributed by atoms with Gasteiger partial charge in [0.2, 0.25) is 10.0 Å². The molecule has 0 aliphatic carbocycles. The molecule has 1 atom stereocenters. The lowest BCUT2D eigenvalue weighted by Crippen LogP contribution is -2.37. The molecule has 128 valence electrons. The lowest BCUT2D eigenvalue weighted by molar-refractivity contribution is 0.00858. The van der Waals surface area contributed by atoms with Gasteiger partial charge in [0.1, 0.15) is 0 Å². The fourth-order valence-corrected chi connectivity index (χ4v) is 4.04. The second-order valence-electron chi connectivity index (χ2n) is 5.93. The van der Waals surface area contributed by atoms with Crippen LogP contribution >= 0.6 is 0 Å². The van der Waals surface area contributed by atoms with Crippen LogP contribution < -0.4 is 9.47 Å². The van der Waals surface area contributed by atoms with Gasteiger partial charge < -0.3 is 14.2 Å². The average Bonchev–Trinajstić information content (AvgIpc) is 2.80. The molecule has 0 spiro atoms. The number of hydrogen-bond acceptors (Lipinski definition) is 5. The Kier molecular flexibility index (Phi) is 5.08. The molecule has 2 aliphatic rings. The number of fused-ring (bicyclic) bond motifs is 1.